The van der Waals surface area contributed by atoms with Crippen LogP contribution in [0.2, 0.25) is 5.02 Å². The fourth-order valence-corrected chi connectivity index (χ4v) is 2.13. The summed E-state index contributed by atoms with van der Waals surface area (Å²) in [6, 6.07) is 3.91. The maximum absolute atomic E-state index is 13.3. The number of rotatable bonds is 3. The number of hydrogen-bond acceptors (Lipinski definition) is 3. The third kappa shape index (κ3) is 2.93. The largest absolute Gasteiger partial charge is 0.297 e. The number of halogens is 2. The summed E-state index contributed by atoms with van der Waals surface area (Å²) >= 11 is 5.59. The minimum absolute atomic E-state index is 0.0214. The first-order valence-corrected chi connectivity index (χ1v) is 6.42. The summed E-state index contributed by atoms with van der Waals surface area (Å²) in [6.45, 7) is 2.07. The third-order valence-electron chi connectivity index (χ3n) is 3.10. The molecular weight excluding hydrogens is 271 g/mol. The highest BCUT2D eigenvalue weighted by Gasteiger charge is 2.32. The molecule has 2 amide bonds. The van der Waals surface area contributed by atoms with Gasteiger partial charge in [-0.25, -0.2) is 4.39 Å². The first kappa shape index (κ1) is 14.0. The Hall–Kier alpha value is -1.46. The molecule has 1 atom stereocenters. The summed E-state index contributed by atoms with van der Waals surface area (Å²) in [7, 11) is 0. The Balaban J connectivity index is 2.18. The zero-order chi connectivity index (χ0) is 14.0. The molecule has 1 unspecified atom stereocenters. The average molecular weight is 285 g/mol. The molecule has 1 aliphatic rings. The molecule has 0 saturated carbocycles. The molecule has 1 aromatic rings. The molecule has 4 nitrogen and oxygen atoms in total. The highest BCUT2D eigenvalue weighted by molar-refractivity contribution is 6.30. The Morgan fingerprint density at radius 1 is 1.47 bits per heavy atom. The van der Waals surface area contributed by atoms with Crippen LogP contribution in [-0.2, 0) is 16.1 Å². The molecule has 2 rings (SSSR count). The van der Waals surface area contributed by atoms with Gasteiger partial charge in [0, 0.05) is 0 Å². The zero-order valence-electron chi connectivity index (χ0n) is 10.5. The molecule has 1 fully saturated rings. The van der Waals surface area contributed by atoms with Crippen LogP contribution in [0.4, 0.5) is 4.39 Å². The van der Waals surface area contributed by atoms with Gasteiger partial charge in [-0.2, -0.15) is 0 Å². The molecule has 1 aromatic carbocycles. The normalized spacial score (nSPS) is 19.9. The van der Waals surface area contributed by atoms with E-state index < -0.39 is 5.82 Å². The number of nitrogens with one attached hydrogen (secondary N) is 1. The lowest BCUT2D eigenvalue weighted by Crippen LogP contribution is -2.57. The maximum Gasteiger partial charge on any atom is 0.246 e. The molecule has 6 heteroatoms. The van der Waals surface area contributed by atoms with Crippen molar-refractivity contribution in [3.05, 3.63) is 34.6 Å². The number of piperazine rings is 1. The van der Waals surface area contributed by atoms with Crippen LogP contribution in [0.25, 0.3) is 0 Å². The average Bonchev–Trinajstić information content (AvgIpc) is 2.39. The highest BCUT2D eigenvalue weighted by Crippen LogP contribution is 2.18. The number of carbonyl (C=O) groups is 2. The Kier molecular flexibility index (Phi) is 4.17. The highest BCUT2D eigenvalue weighted by atomic mass is 35.5. The SMILES string of the molecule is CCC1NCC(=O)N(Cc2ccc(Cl)c(F)c2)C1=O. The fraction of sp³-hybridized carbons (Fsp3) is 0.385. The van der Waals surface area contributed by atoms with Gasteiger partial charge in [-0.3, -0.25) is 19.8 Å². The van der Waals surface area contributed by atoms with Crippen molar-refractivity contribution in [2.45, 2.75) is 25.9 Å². The van der Waals surface area contributed by atoms with E-state index in [1.54, 1.807) is 6.07 Å². The van der Waals surface area contributed by atoms with E-state index >= 15 is 0 Å². The van der Waals surface area contributed by atoms with Crippen molar-refractivity contribution in [3.63, 3.8) is 0 Å². The number of carbonyl (C=O) groups excluding carboxylic acids is 2. The van der Waals surface area contributed by atoms with E-state index in [4.69, 9.17) is 11.6 Å². The van der Waals surface area contributed by atoms with Gasteiger partial charge in [-0.05, 0) is 24.1 Å². The van der Waals surface area contributed by atoms with E-state index in [0.29, 0.717) is 12.0 Å². The van der Waals surface area contributed by atoms with E-state index in [9.17, 15) is 14.0 Å². The van der Waals surface area contributed by atoms with Crippen LogP contribution >= 0.6 is 11.6 Å². The lowest BCUT2D eigenvalue weighted by atomic mass is 10.1. The number of amides is 2. The molecule has 1 saturated heterocycles. The standard InChI is InChI=1S/C13H14ClFN2O2/c1-2-11-13(19)17(12(18)6-16-11)7-8-3-4-9(14)10(15)5-8/h3-5,11,16H,2,6-7H2,1H3. The summed E-state index contributed by atoms with van der Waals surface area (Å²) in [5.41, 5.74) is 0.542. The Labute approximate surface area is 115 Å². The van der Waals surface area contributed by atoms with Crippen molar-refractivity contribution in [3.8, 4) is 0 Å². The van der Waals surface area contributed by atoms with Crippen molar-refractivity contribution in [1.29, 1.82) is 0 Å². The third-order valence-corrected chi connectivity index (χ3v) is 3.40. The number of imide groups is 1. The van der Waals surface area contributed by atoms with Crippen LogP contribution in [-0.4, -0.2) is 29.3 Å². The molecule has 0 radical (unpaired) electrons. The summed E-state index contributed by atoms with van der Waals surface area (Å²) in [5, 5.41) is 2.89. The second-order valence-corrected chi connectivity index (χ2v) is 4.82. The van der Waals surface area contributed by atoms with Crippen LogP contribution in [0.5, 0.6) is 0 Å². The minimum Gasteiger partial charge on any atom is -0.297 e. The van der Waals surface area contributed by atoms with Crippen LogP contribution < -0.4 is 5.32 Å². The number of benzene rings is 1. The Morgan fingerprint density at radius 2 is 2.21 bits per heavy atom. The van der Waals surface area contributed by atoms with Crippen molar-refractivity contribution in [2.24, 2.45) is 0 Å². The lowest BCUT2D eigenvalue weighted by molar-refractivity contribution is -0.150. The molecule has 19 heavy (non-hydrogen) atoms. The second kappa shape index (κ2) is 5.67. The van der Waals surface area contributed by atoms with Crippen LogP contribution in [0.15, 0.2) is 18.2 Å². The summed E-state index contributed by atoms with van der Waals surface area (Å²) in [4.78, 5) is 25.0. The van der Waals surface area contributed by atoms with Gasteiger partial charge in [0.25, 0.3) is 0 Å². The summed E-state index contributed by atoms with van der Waals surface area (Å²) in [6.07, 6.45) is 0.609. The number of hydrogen-bond donors (Lipinski definition) is 1. The van der Waals surface area contributed by atoms with Crippen molar-refractivity contribution >= 4 is 23.4 Å². The van der Waals surface area contributed by atoms with Crippen LogP contribution in [0.1, 0.15) is 18.9 Å². The summed E-state index contributed by atoms with van der Waals surface area (Å²) in [5.74, 6) is -1.12. The summed E-state index contributed by atoms with van der Waals surface area (Å²) < 4.78 is 13.3. The maximum atomic E-state index is 13.3. The van der Waals surface area contributed by atoms with E-state index in [1.165, 1.54) is 12.1 Å². The van der Waals surface area contributed by atoms with Gasteiger partial charge in [0.2, 0.25) is 11.8 Å². The molecule has 1 N–H and O–H groups in total. The second-order valence-electron chi connectivity index (χ2n) is 4.41. The molecule has 0 aliphatic carbocycles. The van der Waals surface area contributed by atoms with Gasteiger partial charge in [-0.1, -0.05) is 24.6 Å². The molecular formula is C13H14ClFN2O2. The fourth-order valence-electron chi connectivity index (χ4n) is 2.01. The van der Waals surface area contributed by atoms with Crippen molar-refractivity contribution < 1.29 is 14.0 Å². The Bertz CT molecular complexity index is 521. The Morgan fingerprint density at radius 3 is 2.84 bits per heavy atom. The predicted octanol–water partition coefficient (Wildman–Crippen LogP) is 1.72. The number of nitrogens with zero attached hydrogens (tertiary/aromatic N) is 1. The quantitative estimate of drug-likeness (QED) is 0.860. The molecule has 0 spiro atoms. The minimum atomic E-state index is -0.554. The monoisotopic (exact) mass is 284 g/mol. The topological polar surface area (TPSA) is 49.4 Å². The molecule has 102 valence electrons. The lowest BCUT2D eigenvalue weighted by Gasteiger charge is -2.31. The van der Waals surface area contributed by atoms with Crippen LogP contribution in [0, 0.1) is 5.82 Å². The van der Waals surface area contributed by atoms with Gasteiger partial charge in [0.15, 0.2) is 0 Å². The van der Waals surface area contributed by atoms with E-state index in [0.717, 1.165) is 4.90 Å². The first-order valence-electron chi connectivity index (χ1n) is 6.04. The predicted molar refractivity (Wildman–Crippen MR) is 69.0 cm³/mol. The molecule has 0 aromatic heterocycles. The van der Waals surface area contributed by atoms with Gasteiger partial charge in [0.1, 0.15) is 5.82 Å². The first-order chi connectivity index (χ1) is 9.02. The van der Waals surface area contributed by atoms with E-state index in [-0.39, 0.29) is 36.0 Å². The van der Waals surface area contributed by atoms with Gasteiger partial charge >= 0.3 is 0 Å². The zero-order valence-corrected chi connectivity index (χ0v) is 11.2. The van der Waals surface area contributed by atoms with E-state index in [2.05, 4.69) is 5.32 Å². The molecule has 0 bridgehead atoms. The molecule has 1 aliphatic heterocycles. The van der Waals surface area contributed by atoms with Gasteiger partial charge in [0.05, 0.1) is 24.2 Å². The van der Waals surface area contributed by atoms with Crippen molar-refractivity contribution in [2.75, 3.05) is 6.54 Å². The molecule has 1 heterocycles. The smallest absolute Gasteiger partial charge is 0.246 e. The van der Waals surface area contributed by atoms with Crippen LogP contribution in [0.3, 0.4) is 0 Å². The van der Waals surface area contributed by atoms with Gasteiger partial charge < -0.3 is 0 Å². The van der Waals surface area contributed by atoms with E-state index in [1.807, 2.05) is 6.92 Å². The van der Waals surface area contributed by atoms with Crippen molar-refractivity contribution in [1.82, 2.24) is 10.2 Å². The van der Waals surface area contributed by atoms with Gasteiger partial charge in [-0.15, -0.1) is 0 Å².